The number of aliphatic hydroxyl groups excluding tert-OH is 1. The van der Waals surface area contributed by atoms with Crippen molar-refractivity contribution in [1.29, 1.82) is 0 Å². The van der Waals surface area contributed by atoms with Crippen LogP contribution in [0.15, 0.2) is 65.4 Å². The number of carbonyl (C=O) groups is 1. The number of rotatable bonds is 2. The fourth-order valence-corrected chi connectivity index (χ4v) is 2.76. The van der Waals surface area contributed by atoms with Gasteiger partial charge in [0.25, 0.3) is 0 Å². The molecule has 0 saturated carbocycles. The predicted molar refractivity (Wildman–Crippen MR) is 105 cm³/mol. The Labute approximate surface area is 173 Å². The minimum atomic E-state index is -0.385. The van der Waals surface area contributed by atoms with Crippen LogP contribution in [0.3, 0.4) is 0 Å². The minimum absolute atomic E-state index is 0. The van der Waals surface area contributed by atoms with Crippen molar-refractivity contribution in [3.63, 3.8) is 0 Å². The van der Waals surface area contributed by atoms with Gasteiger partial charge in [0.1, 0.15) is 0 Å². The van der Waals surface area contributed by atoms with Gasteiger partial charge in [0.05, 0.1) is 24.3 Å². The Balaban J connectivity index is 0.000000395. The number of nitrogens with zero attached hydrogens (tertiary/aromatic N) is 1. The molecule has 1 aliphatic rings. The van der Waals surface area contributed by atoms with E-state index in [1.54, 1.807) is 6.07 Å². The van der Waals surface area contributed by atoms with E-state index in [2.05, 4.69) is 11.1 Å². The van der Waals surface area contributed by atoms with Gasteiger partial charge in [0.2, 0.25) is 0 Å². The maximum Gasteiger partial charge on any atom is 0.316 e. The molecule has 2 N–H and O–H groups in total. The van der Waals surface area contributed by atoms with Crippen LogP contribution in [0.4, 0.5) is 0 Å². The van der Waals surface area contributed by atoms with Crippen molar-refractivity contribution in [2.24, 2.45) is 4.99 Å². The molecule has 1 heterocycles. The van der Waals surface area contributed by atoms with Crippen LogP contribution in [0.25, 0.3) is 0 Å². The van der Waals surface area contributed by atoms with E-state index >= 15 is 0 Å². The summed E-state index contributed by atoms with van der Waals surface area (Å²) in [6, 6.07) is 18.2. The van der Waals surface area contributed by atoms with E-state index in [4.69, 9.17) is 9.90 Å². The molecule has 4 nitrogen and oxygen atoms in total. The molecule has 1 radical (unpaired) electrons. The van der Waals surface area contributed by atoms with Crippen molar-refractivity contribution >= 4 is 17.3 Å². The van der Waals surface area contributed by atoms with Crippen molar-refractivity contribution < 1.29 is 34.8 Å². The van der Waals surface area contributed by atoms with Crippen molar-refractivity contribution in [2.75, 3.05) is 0 Å². The molecule has 0 bridgehead atoms. The van der Waals surface area contributed by atoms with Gasteiger partial charge in [-0.25, -0.2) is 0 Å². The molecule has 0 atom stereocenters. The van der Waals surface area contributed by atoms with E-state index in [9.17, 15) is 4.79 Å². The number of aliphatic hydroxyl groups is 1. The molecule has 0 aromatic heterocycles. The van der Waals surface area contributed by atoms with E-state index in [0.717, 1.165) is 16.7 Å². The predicted octanol–water partition coefficient (Wildman–Crippen LogP) is 4.42. The molecular weight excluding hydrogens is 518 g/mol. The number of ketones is 2. The first kappa shape index (κ1) is 22.7. The number of Topliss-reactive ketones (excluding diaryl/α,β-unsaturated/α-hetero) is 1. The standard InChI is InChI=1S/C17H14NO.C5H8O2.Ir/c1-17(2)14-11-7-6-10-13(14)16(19)15(18-17)12-8-4-3-5-9-12;1-4(6)3-5(2)7;/h3-8,10-11H,1-2H3;3,6H,1-2H3;/q-1;;/p+1/b;4-3-;. The Morgan fingerprint density at radius 3 is 2.30 bits per heavy atom. The molecule has 3 rings (SSSR count). The van der Waals surface area contributed by atoms with Crippen LogP contribution in [0, 0.1) is 6.07 Å². The molecule has 0 spiro atoms. The van der Waals surface area contributed by atoms with Gasteiger partial charge in [-0.3, -0.25) is 9.59 Å². The molecule has 0 amide bonds. The fourth-order valence-electron chi connectivity index (χ4n) is 2.76. The first-order valence-electron chi connectivity index (χ1n) is 8.33. The molecule has 5 heteroatoms. The number of allylic oxidation sites excluding steroid dienone is 2. The monoisotopic (exact) mass is 542 g/mol. The smallest absolute Gasteiger partial charge is 0.316 e. The van der Waals surface area contributed by atoms with Crippen LogP contribution in [0.5, 0.6) is 0 Å². The topological polar surface area (TPSA) is 71.1 Å². The van der Waals surface area contributed by atoms with E-state index in [1.807, 2.05) is 56.3 Å². The molecule has 0 fully saturated rings. The van der Waals surface area contributed by atoms with Gasteiger partial charge >= 0.3 is 5.78 Å². The molecule has 1 aliphatic heterocycles. The molecule has 0 unspecified atom stereocenters. The Kier molecular flexibility index (Phi) is 8.01. The molecule has 0 saturated heterocycles. The van der Waals surface area contributed by atoms with Crippen LogP contribution in [-0.4, -0.2) is 27.2 Å². The van der Waals surface area contributed by atoms with Crippen LogP contribution < -0.4 is 0 Å². The van der Waals surface area contributed by atoms with Gasteiger partial charge < -0.3 is 10.1 Å². The average Bonchev–Trinajstić information content (AvgIpc) is 2.58. The average molecular weight is 542 g/mol. The third-order valence-corrected chi connectivity index (χ3v) is 3.82. The number of fused-ring (bicyclic) bond motifs is 1. The number of hydrogen-bond acceptors (Lipinski definition) is 3. The van der Waals surface area contributed by atoms with Crippen molar-refractivity contribution in [3.8, 4) is 0 Å². The molecule has 27 heavy (non-hydrogen) atoms. The van der Waals surface area contributed by atoms with Crippen LogP contribution in [-0.2, 0) is 25.6 Å². The summed E-state index contributed by atoms with van der Waals surface area (Å²) in [5.41, 5.74) is 2.61. The second-order valence-corrected chi connectivity index (χ2v) is 6.60. The maximum absolute atomic E-state index is 12.6. The van der Waals surface area contributed by atoms with Gasteiger partial charge in [-0.05, 0) is 26.3 Å². The van der Waals surface area contributed by atoms with Gasteiger partial charge in [0, 0.05) is 31.4 Å². The number of benzene rings is 2. The van der Waals surface area contributed by atoms with E-state index in [1.165, 1.54) is 19.9 Å². The first-order valence-corrected chi connectivity index (χ1v) is 8.33. The fraction of sp³-hybridized carbons (Fsp3) is 0.227. The van der Waals surface area contributed by atoms with E-state index in [0.29, 0.717) is 5.71 Å². The zero-order valence-electron chi connectivity index (χ0n) is 15.8. The van der Waals surface area contributed by atoms with Gasteiger partial charge in [-0.2, -0.15) is 0 Å². The van der Waals surface area contributed by atoms with Crippen LogP contribution in [0.2, 0.25) is 0 Å². The number of aliphatic imine (C=N–C) groups is 1. The summed E-state index contributed by atoms with van der Waals surface area (Å²) in [5, 5.41) is 8.40. The summed E-state index contributed by atoms with van der Waals surface area (Å²) in [6.45, 7) is 7.06. The van der Waals surface area contributed by atoms with Crippen molar-refractivity contribution in [2.45, 2.75) is 33.2 Å². The largest absolute Gasteiger partial charge is 0.512 e. The van der Waals surface area contributed by atoms with Gasteiger partial charge in [-0.15, -0.1) is 35.9 Å². The molecule has 143 valence electrons. The number of carbonyl (C=O) groups excluding carboxylic acids is 2. The third kappa shape index (κ3) is 5.81. The Bertz CT molecular complexity index is 879. The summed E-state index contributed by atoms with van der Waals surface area (Å²) in [6.07, 6.45) is 1.28. The molecule has 0 aliphatic carbocycles. The molecular formula is C22H23IrNO3. The Hall–Kier alpha value is -2.36. The zero-order valence-corrected chi connectivity index (χ0v) is 18.2. The molecule has 2 aromatic carbocycles. The van der Waals surface area contributed by atoms with Crippen molar-refractivity contribution in [3.05, 3.63) is 83.1 Å². The second-order valence-electron chi connectivity index (χ2n) is 6.60. The third-order valence-electron chi connectivity index (χ3n) is 3.82. The Morgan fingerprint density at radius 1 is 1.15 bits per heavy atom. The zero-order chi connectivity index (χ0) is 19.3. The molecule has 2 aromatic rings. The van der Waals surface area contributed by atoms with Gasteiger partial charge in [-0.1, -0.05) is 24.3 Å². The Morgan fingerprint density at radius 2 is 1.78 bits per heavy atom. The van der Waals surface area contributed by atoms with E-state index in [-0.39, 0.29) is 43.0 Å². The summed E-state index contributed by atoms with van der Waals surface area (Å²) in [4.78, 5) is 25.6. The maximum atomic E-state index is 12.6. The van der Waals surface area contributed by atoms with Crippen LogP contribution in [0.1, 0.15) is 49.2 Å². The van der Waals surface area contributed by atoms with E-state index < -0.39 is 0 Å². The number of hydrogen-bond donors (Lipinski definition) is 1. The first-order chi connectivity index (χ1) is 12.2. The normalized spacial score (nSPS) is 14.7. The summed E-state index contributed by atoms with van der Waals surface area (Å²) < 4.78 is 0. The summed E-state index contributed by atoms with van der Waals surface area (Å²) >= 11 is 0. The quantitative estimate of drug-likeness (QED) is 0.265. The van der Waals surface area contributed by atoms with Crippen LogP contribution >= 0.6 is 0 Å². The van der Waals surface area contributed by atoms with Gasteiger partial charge in [0.15, 0.2) is 5.78 Å². The summed E-state index contributed by atoms with van der Waals surface area (Å²) in [5.74, 6) is 0.234. The summed E-state index contributed by atoms with van der Waals surface area (Å²) in [7, 11) is 0. The SMILES string of the molecule is CC(=[OH+])/C=C(/C)O.CC1(C)N=C(c2[c-]cccc2)C(=O)c2ccccc21.[Ir]. The second kappa shape index (κ2) is 9.54. The van der Waals surface area contributed by atoms with Crippen molar-refractivity contribution in [1.82, 2.24) is 0 Å². The minimum Gasteiger partial charge on any atom is -0.512 e.